The molecule has 0 atom stereocenters. The van der Waals surface area contributed by atoms with Gasteiger partial charge in [-0.2, -0.15) is 14.7 Å². The van der Waals surface area contributed by atoms with Crippen molar-refractivity contribution in [3.8, 4) is 5.69 Å². The monoisotopic (exact) mass is 845 g/mol. The van der Waals surface area contributed by atoms with Gasteiger partial charge in [0.05, 0.1) is 26.9 Å². The van der Waals surface area contributed by atoms with Crippen molar-refractivity contribution in [3.05, 3.63) is 153 Å². The van der Waals surface area contributed by atoms with Gasteiger partial charge in [0.25, 0.3) is 27.7 Å². The highest BCUT2D eigenvalue weighted by molar-refractivity contribution is 7.90. The zero-order chi connectivity index (χ0) is 43.0. The Bertz CT molecular complexity index is 2710. The van der Waals surface area contributed by atoms with Gasteiger partial charge in [-0.25, -0.2) is 17.8 Å². The summed E-state index contributed by atoms with van der Waals surface area (Å²) in [5, 5.41) is 6.43. The SMILES string of the molecule is CCCCN(C(=O)c1nn(-c2ccc(C(=O)NS(=O)(=O)c3ccc4ccccc4c3)cc2C(=O)N2CCc3ccccc3C2)c(C)c1Cl)c1ccc(CCC)cc1.O=C=O. The maximum atomic E-state index is 14.6. The molecule has 14 heteroatoms. The number of carbonyl (C=O) groups excluding carboxylic acids is 5. The molecule has 1 N–H and O–H groups in total. The number of nitrogens with one attached hydrogen (secondary N) is 1. The van der Waals surface area contributed by atoms with E-state index in [0.29, 0.717) is 37.1 Å². The zero-order valence-corrected chi connectivity index (χ0v) is 35.1. The smallest absolute Gasteiger partial charge is 0.334 e. The van der Waals surface area contributed by atoms with Gasteiger partial charge in [-0.3, -0.25) is 14.4 Å². The van der Waals surface area contributed by atoms with E-state index in [4.69, 9.17) is 26.3 Å². The third-order valence-electron chi connectivity index (χ3n) is 10.4. The Morgan fingerprint density at radius 1 is 0.850 bits per heavy atom. The number of sulfonamides is 1. The van der Waals surface area contributed by atoms with Crippen molar-refractivity contribution >= 4 is 62.0 Å². The van der Waals surface area contributed by atoms with Gasteiger partial charge in [-0.1, -0.05) is 105 Å². The Morgan fingerprint density at radius 2 is 1.53 bits per heavy atom. The number of aromatic nitrogens is 2. The molecule has 6 aromatic rings. The number of anilines is 1. The molecule has 0 radical (unpaired) electrons. The van der Waals surface area contributed by atoms with Crippen LogP contribution in [0.1, 0.15) is 86.7 Å². The van der Waals surface area contributed by atoms with Gasteiger partial charge in [0, 0.05) is 30.9 Å². The summed E-state index contributed by atoms with van der Waals surface area (Å²) in [6.07, 6.45) is 4.46. The van der Waals surface area contributed by atoms with E-state index in [2.05, 4.69) is 18.6 Å². The molecule has 3 amide bonds. The van der Waals surface area contributed by atoms with Crippen molar-refractivity contribution < 1.29 is 32.4 Å². The van der Waals surface area contributed by atoms with Crippen LogP contribution in [0.2, 0.25) is 5.02 Å². The first kappa shape index (κ1) is 43.2. The Labute approximate surface area is 353 Å². The van der Waals surface area contributed by atoms with Crippen molar-refractivity contribution in [3.63, 3.8) is 0 Å². The van der Waals surface area contributed by atoms with E-state index in [0.717, 1.165) is 47.9 Å². The summed E-state index contributed by atoms with van der Waals surface area (Å²) >= 11 is 6.92. The molecular weight excluding hydrogens is 802 g/mol. The second kappa shape index (κ2) is 19.1. The number of benzene rings is 5. The highest BCUT2D eigenvalue weighted by Gasteiger charge is 2.30. The predicted octanol–water partition coefficient (Wildman–Crippen LogP) is 8.12. The molecule has 12 nitrogen and oxygen atoms in total. The molecule has 308 valence electrons. The Hall–Kier alpha value is -6.40. The first-order valence-electron chi connectivity index (χ1n) is 19.6. The molecule has 7 rings (SSSR count). The Balaban J connectivity index is 0.00000195. The van der Waals surface area contributed by atoms with Crippen LogP contribution >= 0.6 is 11.6 Å². The van der Waals surface area contributed by atoms with Crippen molar-refractivity contribution in [2.75, 3.05) is 18.0 Å². The van der Waals surface area contributed by atoms with Gasteiger partial charge >= 0.3 is 6.15 Å². The minimum absolute atomic E-state index is 0.0245. The van der Waals surface area contributed by atoms with E-state index in [1.165, 1.54) is 40.6 Å². The lowest BCUT2D eigenvalue weighted by molar-refractivity contribution is -0.191. The number of hydrogen-bond donors (Lipinski definition) is 1. The lowest BCUT2D eigenvalue weighted by atomic mass is 9.98. The van der Waals surface area contributed by atoms with Crippen LogP contribution < -0.4 is 9.62 Å². The number of carbonyl (C=O) groups is 3. The van der Waals surface area contributed by atoms with Crippen LogP contribution in [0, 0.1) is 6.92 Å². The van der Waals surface area contributed by atoms with Crippen LogP contribution in [-0.4, -0.2) is 60.1 Å². The third-order valence-corrected chi connectivity index (χ3v) is 12.2. The van der Waals surface area contributed by atoms with Crippen LogP contribution in [-0.2, 0) is 39.0 Å². The molecule has 60 heavy (non-hydrogen) atoms. The highest BCUT2D eigenvalue weighted by atomic mass is 35.5. The minimum atomic E-state index is -4.28. The highest BCUT2D eigenvalue weighted by Crippen LogP contribution is 2.30. The quantitative estimate of drug-likeness (QED) is 0.130. The molecule has 1 aliphatic rings. The number of aryl methyl sites for hydroxylation is 1. The Morgan fingerprint density at radius 3 is 2.23 bits per heavy atom. The molecule has 0 spiro atoms. The Kier molecular flexibility index (Phi) is 13.8. The summed E-state index contributed by atoms with van der Waals surface area (Å²) in [5.74, 6) is -1.67. The van der Waals surface area contributed by atoms with E-state index in [9.17, 15) is 22.8 Å². The minimum Gasteiger partial charge on any atom is -0.334 e. The van der Waals surface area contributed by atoms with Crippen molar-refractivity contribution in [2.45, 2.75) is 64.3 Å². The summed E-state index contributed by atoms with van der Waals surface area (Å²) in [4.78, 5) is 62.1. The third kappa shape index (κ3) is 9.39. The van der Waals surface area contributed by atoms with Crippen LogP contribution in [0.4, 0.5) is 5.69 Å². The molecule has 1 aliphatic heterocycles. The van der Waals surface area contributed by atoms with Gasteiger partial charge in [0.1, 0.15) is 0 Å². The number of hydrogen-bond acceptors (Lipinski definition) is 8. The molecule has 0 unspecified atom stereocenters. The average Bonchev–Trinajstić information content (AvgIpc) is 3.56. The summed E-state index contributed by atoms with van der Waals surface area (Å²) in [6, 6.07) is 32.2. The molecule has 0 bridgehead atoms. The number of rotatable bonds is 12. The zero-order valence-electron chi connectivity index (χ0n) is 33.5. The number of nitrogens with zero attached hydrogens (tertiary/aromatic N) is 4. The van der Waals surface area contributed by atoms with Gasteiger partial charge in [0.2, 0.25) is 0 Å². The second-order valence-corrected chi connectivity index (χ2v) is 16.5. The predicted molar refractivity (Wildman–Crippen MR) is 229 cm³/mol. The lowest BCUT2D eigenvalue weighted by Gasteiger charge is -2.29. The van der Waals surface area contributed by atoms with Crippen LogP contribution in [0.3, 0.4) is 0 Å². The molecule has 0 aliphatic carbocycles. The number of amides is 3. The molecular formula is C46H44ClN5O7S. The van der Waals surface area contributed by atoms with E-state index >= 15 is 0 Å². The van der Waals surface area contributed by atoms with Gasteiger partial charge < -0.3 is 9.80 Å². The summed E-state index contributed by atoms with van der Waals surface area (Å²) in [5.41, 5.74) is 4.85. The van der Waals surface area contributed by atoms with Crippen molar-refractivity contribution in [1.82, 2.24) is 19.4 Å². The fraction of sp³-hybridized carbons (Fsp3) is 0.239. The fourth-order valence-electron chi connectivity index (χ4n) is 7.22. The molecule has 1 aromatic heterocycles. The van der Waals surface area contributed by atoms with Crippen molar-refractivity contribution in [1.29, 1.82) is 0 Å². The van der Waals surface area contributed by atoms with E-state index in [1.807, 2.05) is 60.7 Å². The van der Waals surface area contributed by atoms with Gasteiger partial charge in [0.15, 0.2) is 5.69 Å². The largest absolute Gasteiger partial charge is 0.373 e. The normalized spacial score (nSPS) is 12.2. The first-order chi connectivity index (χ1) is 28.9. The fourth-order valence-corrected chi connectivity index (χ4v) is 8.43. The van der Waals surface area contributed by atoms with Crippen LogP contribution in [0.15, 0.2) is 114 Å². The van der Waals surface area contributed by atoms with Crippen LogP contribution in [0.5, 0.6) is 0 Å². The van der Waals surface area contributed by atoms with Gasteiger partial charge in [-0.05, 0) is 96.1 Å². The van der Waals surface area contributed by atoms with Crippen LogP contribution in [0.25, 0.3) is 16.5 Å². The standard InChI is InChI=1S/C45H44ClN5O5S.CO2/c1-4-6-25-50(37-20-16-31(11-5-2)17-21-37)45(54)42-41(46)30(3)51(47-42)40-23-19-35(28-39(40)44(53)49-26-24-33-13-8-10-15-36(33)29-49)43(52)48-57(55,56)38-22-18-32-12-7-9-14-34(32)27-38;2-1-3/h7-10,12-23,27-28H,4-6,11,24-26,29H2,1-3H3,(H,48,52);. The topological polar surface area (TPSA) is 156 Å². The molecule has 0 saturated carbocycles. The number of halogens is 1. The molecule has 0 fully saturated rings. The number of fused-ring (bicyclic) bond motifs is 2. The first-order valence-corrected chi connectivity index (χ1v) is 21.5. The van der Waals surface area contributed by atoms with E-state index in [1.54, 1.807) is 34.9 Å². The maximum absolute atomic E-state index is 14.6. The van der Waals surface area contributed by atoms with Gasteiger partial charge in [-0.15, -0.1) is 0 Å². The summed E-state index contributed by atoms with van der Waals surface area (Å²) < 4.78 is 30.6. The van der Waals surface area contributed by atoms with Crippen molar-refractivity contribution in [2.24, 2.45) is 0 Å². The summed E-state index contributed by atoms with van der Waals surface area (Å²) in [6.45, 7) is 7.11. The number of unbranched alkanes of at least 4 members (excludes halogenated alkanes) is 1. The lowest BCUT2D eigenvalue weighted by Crippen LogP contribution is -2.37. The molecule has 2 heterocycles. The molecule has 0 saturated heterocycles. The average molecular weight is 846 g/mol. The maximum Gasteiger partial charge on any atom is 0.373 e. The summed E-state index contributed by atoms with van der Waals surface area (Å²) in [7, 11) is -4.28. The van der Waals surface area contributed by atoms with E-state index in [-0.39, 0.29) is 50.4 Å². The van der Waals surface area contributed by atoms with E-state index < -0.39 is 15.9 Å². The second-order valence-electron chi connectivity index (χ2n) is 14.4. The molecule has 5 aromatic carbocycles.